The van der Waals surface area contributed by atoms with Gasteiger partial charge in [0.05, 0.1) is 11.1 Å². The molecule has 0 spiro atoms. The number of nitrogens with zero attached hydrogens (tertiary/aromatic N) is 2. The molecule has 3 aromatic rings. The summed E-state index contributed by atoms with van der Waals surface area (Å²) in [7, 11) is 0. The summed E-state index contributed by atoms with van der Waals surface area (Å²) >= 11 is 0. The summed E-state index contributed by atoms with van der Waals surface area (Å²) in [6.07, 6.45) is 0. The highest BCUT2D eigenvalue weighted by molar-refractivity contribution is 5.63. The number of para-hydroxylation sites is 1. The maximum atomic E-state index is 13.6. The standard InChI is InChI=1S/C14H9FN2O2/c15-11-7-3-1-5-9(11)13-16-17-14(19-13)10-6-2-4-8-12(10)18/h1-8,18H. The van der Waals surface area contributed by atoms with E-state index in [9.17, 15) is 9.50 Å². The van der Waals surface area contributed by atoms with Crippen LogP contribution in [0.5, 0.6) is 5.75 Å². The Morgan fingerprint density at radius 2 is 1.42 bits per heavy atom. The van der Waals surface area contributed by atoms with Crippen LogP contribution in [0.3, 0.4) is 0 Å². The largest absolute Gasteiger partial charge is 0.507 e. The third-order valence-electron chi connectivity index (χ3n) is 2.66. The lowest BCUT2D eigenvalue weighted by Crippen LogP contribution is -1.82. The fraction of sp³-hybridized carbons (Fsp3) is 0. The minimum Gasteiger partial charge on any atom is -0.507 e. The number of halogens is 1. The van der Waals surface area contributed by atoms with Crippen LogP contribution in [-0.4, -0.2) is 15.3 Å². The highest BCUT2D eigenvalue weighted by Gasteiger charge is 2.15. The zero-order valence-electron chi connectivity index (χ0n) is 9.75. The topological polar surface area (TPSA) is 59.2 Å². The van der Waals surface area contributed by atoms with E-state index in [4.69, 9.17) is 4.42 Å². The molecule has 0 unspecified atom stereocenters. The van der Waals surface area contributed by atoms with Gasteiger partial charge in [-0.15, -0.1) is 10.2 Å². The number of aromatic hydroxyl groups is 1. The molecule has 94 valence electrons. The number of hydrogen-bond donors (Lipinski definition) is 1. The molecule has 0 atom stereocenters. The Bertz CT molecular complexity index is 665. The van der Waals surface area contributed by atoms with Crippen LogP contribution >= 0.6 is 0 Å². The van der Waals surface area contributed by atoms with Crippen LogP contribution in [0.2, 0.25) is 0 Å². The van der Waals surface area contributed by atoms with Gasteiger partial charge in [-0.2, -0.15) is 0 Å². The van der Waals surface area contributed by atoms with Gasteiger partial charge >= 0.3 is 0 Å². The van der Waals surface area contributed by atoms with Gasteiger partial charge in [0.2, 0.25) is 0 Å². The van der Waals surface area contributed by atoms with Crippen LogP contribution in [0, 0.1) is 5.82 Å². The van der Waals surface area contributed by atoms with E-state index in [-0.39, 0.29) is 23.1 Å². The smallest absolute Gasteiger partial charge is 0.251 e. The molecule has 0 aliphatic rings. The van der Waals surface area contributed by atoms with E-state index in [1.165, 1.54) is 12.1 Å². The Labute approximate surface area is 108 Å². The Balaban J connectivity index is 2.06. The molecular formula is C14H9FN2O2. The van der Waals surface area contributed by atoms with Gasteiger partial charge in [-0.3, -0.25) is 0 Å². The van der Waals surface area contributed by atoms with Crippen LogP contribution in [0.15, 0.2) is 52.9 Å². The normalized spacial score (nSPS) is 10.6. The van der Waals surface area contributed by atoms with E-state index in [0.717, 1.165) is 0 Å². The van der Waals surface area contributed by atoms with Gasteiger partial charge in [-0.05, 0) is 24.3 Å². The summed E-state index contributed by atoms with van der Waals surface area (Å²) in [6.45, 7) is 0. The molecule has 0 radical (unpaired) electrons. The molecule has 1 heterocycles. The Morgan fingerprint density at radius 3 is 2.11 bits per heavy atom. The molecular weight excluding hydrogens is 247 g/mol. The van der Waals surface area contributed by atoms with E-state index in [0.29, 0.717) is 5.56 Å². The maximum Gasteiger partial charge on any atom is 0.251 e. The number of rotatable bonds is 2. The quantitative estimate of drug-likeness (QED) is 0.764. The monoisotopic (exact) mass is 256 g/mol. The predicted molar refractivity (Wildman–Crippen MR) is 66.8 cm³/mol. The van der Waals surface area contributed by atoms with Gasteiger partial charge in [-0.25, -0.2) is 4.39 Å². The number of phenolic OH excluding ortho intramolecular Hbond substituents is 1. The molecule has 0 bridgehead atoms. The second-order valence-electron chi connectivity index (χ2n) is 3.91. The lowest BCUT2D eigenvalue weighted by atomic mass is 10.2. The van der Waals surface area contributed by atoms with Crippen molar-refractivity contribution in [3.63, 3.8) is 0 Å². The molecule has 0 amide bonds. The van der Waals surface area contributed by atoms with Gasteiger partial charge in [-0.1, -0.05) is 24.3 Å². The highest BCUT2D eigenvalue weighted by atomic mass is 19.1. The van der Waals surface area contributed by atoms with Crippen molar-refractivity contribution in [3.8, 4) is 28.7 Å². The summed E-state index contributed by atoms with van der Waals surface area (Å²) in [4.78, 5) is 0. The van der Waals surface area contributed by atoms with Crippen LogP contribution in [0.4, 0.5) is 4.39 Å². The fourth-order valence-corrected chi connectivity index (χ4v) is 1.73. The third kappa shape index (κ3) is 2.06. The van der Waals surface area contributed by atoms with Crippen LogP contribution in [-0.2, 0) is 0 Å². The first kappa shape index (κ1) is 11.4. The molecule has 3 rings (SSSR count). The van der Waals surface area contributed by atoms with Crippen molar-refractivity contribution in [2.24, 2.45) is 0 Å². The van der Waals surface area contributed by atoms with Crippen molar-refractivity contribution in [3.05, 3.63) is 54.3 Å². The van der Waals surface area contributed by atoms with Crippen molar-refractivity contribution in [2.75, 3.05) is 0 Å². The summed E-state index contributed by atoms with van der Waals surface area (Å²) < 4.78 is 19.0. The summed E-state index contributed by atoms with van der Waals surface area (Å²) in [5, 5.41) is 17.3. The third-order valence-corrected chi connectivity index (χ3v) is 2.66. The summed E-state index contributed by atoms with van der Waals surface area (Å²) in [5.41, 5.74) is 0.647. The van der Waals surface area contributed by atoms with Crippen molar-refractivity contribution in [1.82, 2.24) is 10.2 Å². The second kappa shape index (κ2) is 4.53. The van der Waals surface area contributed by atoms with Gasteiger partial charge < -0.3 is 9.52 Å². The van der Waals surface area contributed by atoms with Gasteiger partial charge in [0, 0.05) is 0 Å². The minimum atomic E-state index is -0.435. The molecule has 4 nitrogen and oxygen atoms in total. The van der Waals surface area contributed by atoms with E-state index in [1.807, 2.05) is 0 Å². The van der Waals surface area contributed by atoms with Crippen molar-refractivity contribution in [1.29, 1.82) is 0 Å². The van der Waals surface area contributed by atoms with Crippen molar-refractivity contribution < 1.29 is 13.9 Å². The molecule has 0 fully saturated rings. The van der Waals surface area contributed by atoms with E-state index < -0.39 is 5.82 Å². The summed E-state index contributed by atoms with van der Waals surface area (Å²) in [5.74, 6) is -0.172. The van der Waals surface area contributed by atoms with Crippen molar-refractivity contribution >= 4 is 0 Å². The molecule has 0 saturated heterocycles. The zero-order valence-corrected chi connectivity index (χ0v) is 9.75. The lowest BCUT2D eigenvalue weighted by molar-refractivity contribution is 0.473. The number of aromatic nitrogens is 2. The van der Waals surface area contributed by atoms with E-state index >= 15 is 0 Å². The fourth-order valence-electron chi connectivity index (χ4n) is 1.73. The Kier molecular flexibility index (Phi) is 2.72. The molecule has 1 N–H and O–H groups in total. The first-order valence-electron chi connectivity index (χ1n) is 5.62. The predicted octanol–water partition coefficient (Wildman–Crippen LogP) is 3.25. The van der Waals surface area contributed by atoms with Gasteiger partial charge in [0.1, 0.15) is 11.6 Å². The van der Waals surface area contributed by atoms with Gasteiger partial charge in [0.15, 0.2) is 0 Å². The first-order valence-corrected chi connectivity index (χ1v) is 5.62. The van der Waals surface area contributed by atoms with E-state index in [2.05, 4.69) is 10.2 Å². The van der Waals surface area contributed by atoms with Crippen LogP contribution in [0.25, 0.3) is 22.9 Å². The lowest BCUT2D eigenvalue weighted by Gasteiger charge is -1.98. The van der Waals surface area contributed by atoms with Gasteiger partial charge in [0.25, 0.3) is 11.8 Å². The minimum absolute atomic E-state index is 0.0335. The van der Waals surface area contributed by atoms with Crippen molar-refractivity contribution in [2.45, 2.75) is 0 Å². The molecule has 0 aliphatic carbocycles. The average molecular weight is 256 g/mol. The Morgan fingerprint density at radius 1 is 0.842 bits per heavy atom. The SMILES string of the molecule is Oc1ccccc1-c1nnc(-c2ccccc2F)o1. The number of phenols is 1. The molecule has 2 aromatic carbocycles. The van der Waals surface area contributed by atoms with E-state index in [1.54, 1.807) is 36.4 Å². The molecule has 19 heavy (non-hydrogen) atoms. The Hall–Kier alpha value is -2.69. The van der Waals surface area contributed by atoms with Crippen LogP contribution in [0.1, 0.15) is 0 Å². The van der Waals surface area contributed by atoms with Crippen LogP contribution < -0.4 is 0 Å². The highest BCUT2D eigenvalue weighted by Crippen LogP contribution is 2.30. The summed E-state index contributed by atoms with van der Waals surface area (Å²) in [6, 6.07) is 12.7. The molecule has 5 heteroatoms. The first-order chi connectivity index (χ1) is 9.25. The zero-order chi connectivity index (χ0) is 13.2. The number of hydrogen-bond acceptors (Lipinski definition) is 4. The molecule has 0 saturated carbocycles. The number of benzene rings is 2. The molecule has 1 aromatic heterocycles. The maximum absolute atomic E-state index is 13.6. The molecule has 0 aliphatic heterocycles. The second-order valence-corrected chi connectivity index (χ2v) is 3.91. The average Bonchev–Trinajstić information content (AvgIpc) is 2.89.